The molecule has 4 heteroatoms. The van der Waals surface area contributed by atoms with Gasteiger partial charge in [-0.15, -0.1) is 0 Å². The van der Waals surface area contributed by atoms with Crippen molar-refractivity contribution in [3.63, 3.8) is 0 Å². The number of nitrogens with zero attached hydrogens (tertiary/aromatic N) is 2. The molecule has 1 rings (SSSR count). The van der Waals surface area contributed by atoms with Crippen LogP contribution in [0.2, 0.25) is 0 Å². The van der Waals surface area contributed by atoms with E-state index in [9.17, 15) is 4.79 Å². The molecular formula is C11H16N2O2. The molecule has 1 heterocycles. The maximum atomic E-state index is 11.4. The maximum absolute atomic E-state index is 11.4. The lowest BCUT2D eigenvalue weighted by Gasteiger charge is -2.18. The van der Waals surface area contributed by atoms with Crippen molar-refractivity contribution in [2.75, 3.05) is 19.7 Å². The fourth-order valence-corrected chi connectivity index (χ4v) is 1.69. The minimum absolute atomic E-state index is 0.138. The summed E-state index contributed by atoms with van der Waals surface area (Å²) < 4.78 is 4.83. The highest BCUT2D eigenvalue weighted by atomic mass is 16.5. The van der Waals surface area contributed by atoms with Crippen molar-refractivity contribution >= 4 is 5.97 Å². The first-order valence-corrected chi connectivity index (χ1v) is 5.23. The minimum Gasteiger partial charge on any atom is -0.462 e. The van der Waals surface area contributed by atoms with Gasteiger partial charge in [-0.05, 0) is 26.7 Å². The zero-order chi connectivity index (χ0) is 11.3. The summed E-state index contributed by atoms with van der Waals surface area (Å²) in [5.74, 6) is -0.510. The average Bonchev–Trinajstić information content (AvgIpc) is 2.71. The normalized spacial score (nSPS) is 17.0. The zero-order valence-electron chi connectivity index (χ0n) is 9.25. The Balaban J connectivity index is 2.82. The van der Waals surface area contributed by atoms with E-state index < -0.39 is 5.97 Å². The predicted molar refractivity (Wildman–Crippen MR) is 55.8 cm³/mol. The number of nitriles is 1. The molecule has 0 aliphatic carbocycles. The van der Waals surface area contributed by atoms with E-state index >= 15 is 0 Å². The van der Waals surface area contributed by atoms with Gasteiger partial charge in [-0.25, -0.2) is 4.79 Å². The quantitative estimate of drug-likeness (QED) is 0.400. The Kier molecular flexibility index (Phi) is 4.17. The van der Waals surface area contributed by atoms with Crippen LogP contribution in [0.4, 0.5) is 0 Å². The topological polar surface area (TPSA) is 53.3 Å². The first-order chi connectivity index (χ1) is 7.20. The zero-order valence-corrected chi connectivity index (χ0v) is 9.25. The molecule has 0 aromatic carbocycles. The number of allylic oxidation sites excluding steroid dienone is 1. The van der Waals surface area contributed by atoms with Gasteiger partial charge in [-0.1, -0.05) is 0 Å². The van der Waals surface area contributed by atoms with Crippen molar-refractivity contribution in [2.45, 2.75) is 26.7 Å². The summed E-state index contributed by atoms with van der Waals surface area (Å²) in [4.78, 5) is 13.5. The van der Waals surface area contributed by atoms with Crippen LogP contribution in [0.1, 0.15) is 26.7 Å². The van der Waals surface area contributed by atoms with E-state index in [2.05, 4.69) is 4.90 Å². The van der Waals surface area contributed by atoms with Gasteiger partial charge in [0.1, 0.15) is 6.07 Å². The lowest BCUT2D eigenvalue weighted by Crippen LogP contribution is -2.21. The molecular weight excluding hydrogens is 192 g/mol. The van der Waals surface area contributed by atoms with E-state index in [1.165, 1.54) is 0 Å². The van der Waals surface area contributed by atoms with E-state index in [1.807, 2.05) is 6.07 Å². The van der Waals surface area contributed by atoms with Gasteiger partial charge in [-0.3, -0.25) is 0 Å². The molecule has 1 aliphatic heterocycles. The monoisotopic (exact) mass is 208 g/mol. The highest BCUT2D eigenvalue weighted by Gasteiger charge is 2.20. The largest absolute Gasteiger partial charge is 0.462 e. The number of hydrogen-bond acceptors (Lipinski definition) is 4. The van der Waals surface area contributed by atoms with Gasteiger partial charge in [0.05, 0.1) is 6.61 Å². The molecule has 0 saturated carbocycles. The first-order valence-electron chi connectivity index (χ1n) is 5.23. The summed E-state index contributed by atoms with van der Waals surface area (Å²) in [5, 5.41) is 8.92. The van der Waals surface area contributed by atoms with E-state index in [1.54, 1.807) is 13.8 Å². The molecule has 0 spiro atoms. The third-order valence-electron chi connectivity index (χ3n) is 2.53. The van der Waals surface area contributed by atoms with Crippen LogP contribution in [0.3, 0.4) is 0 Å². The molecule has 0 atom stereocenters. The van der Waals surface area contributed by atoms with Crippen LogP contribution in [-0.4, -0.2) is 30.6 Å². The van der Waals surface area contributed by atoms with Crippen LogP contribution in [0.25, 0.3) is 0 Å². The third kappa shape index (κ3) is 2.72. The van der Waals surface area contributed by atoms with Crippen molar-refractivity contribution in [1.82, 2.24) is 4.90 Å². The standard InChI is InChI=1S/C11H16N2O2/c1-3-15-11(14)10(8-12)9(2)13-6-4-5-7-13/h3-7H2,1-2H3/b10-9-. The lowest BCUT2D eigenvalue weighted by molar-refractivity contribution is -0.138. The molecule has 1 saturated heterocycles. The number of rotatable bonds is 3. The Bertz CT molecular complexity index is 309. The fourth-order valence-electron chi connectivity index (χ4n) is 1.69. The van der Waals surface area contributed by atoms with Gasteiger partial charge in [0.25, 0.3) is 0 Å². The number of esters is 1. The summed E-state index contributed by atoms with van der Waals surface area (Å²) >= 11 is 0. The molecule has 0 unspecified atom stereocenters. The summed E-state index contributed by atoms with van der Waals surface area (Å²) in [6.45, 7) is 5.70. The SMILES string of the molecule is CCOC(=O)/C(C#N)=C(/C)N1CCCC1. The Morgan fingerprint density at radius 1 is 1.47 bits per heavy atom. The molecule has 0 N–H and O–H groups in total. The van der Waals surface area contributed by atoms with Gasteiger partial charge in [0, 0.05) is 18.8 Å². The second kappa shape index (κ2) is 5.40. The maximum Gasteiger partial charge on any atom is 0.350 e. The average molecular weight is 208 g/mol. The van der Waals surface area contributed by atoms with Crippen molar-refractivity contribution in [2.24, 2.45) is 0 Å². The van der Waals surface area contributed by atoms with Gasteiger partial charge < -0.3 is 9.64 Å². The molecule has 0 amide bonds. The van der Waals surface area contributed by atoms with Crippen LogP contribution in [0, 0.1) is 11.3 Å². The van der Waals surface area contributed by atoms with Crippen LogP contribution in [-0.2, 0) is 9.53 Å². The summed E-state index contributed by atoms with van der Waals surface area (Å²) in [6, 6.07) is 1.93. The molecule has 15 heavy (non-hydrogen) atoms. The molecule has 4 nitrogen and oxygen atoms in total. The minimum atomic E-state index is -0.510. The summed E-state index contributed by atoms with van der Waals surface area (Å²) in [6.07, 6.45) is 2.25. The van der Waals surface area contributed by atoms with Crippen LogP contribution in [0.15, 0.2) is 11.3 Å². The second-order valence-corrected chi connectivity index (χ2v) is 3.49. The van der Waals surface area contributed by atoms with Crippen molar-refractivity contribution in [1.29, 1.82) is 5.26 Å². The van der Waals surface area contributed by atoms with Gasteiger partial charge in [-0.2, -0.15) is 5.26 Å². The third-order valence-corrected chi connectivity index (χ3v) is 2.53. The number of carbonyl (C=O) groups is 1. The first kappa shape index (κ1) is 11.6. The Labute approximate surface area is 90.1 Å². The summed E-state index contributed by atoms with van der Waals surface area (Å²) in [7, 11) is 0. The van der Waals surface area contributed by atoms with Crippen molar-refractivity contribution in [3.05, 3.63) is 11.3 Å². The molecule has 0 bridgehead atoms. The second-order valence-electron chi connectivity index (χ2n) is 3.49. The van der Waals surface area contributed by atoms with Crippen LogP contribution in [0.5, 0.6) is 0 Å². The number of ether oxygens (including phenoxy) is 1. The van der Waals surface area contributed by atoms with Crippen molar-refractivity contribution in [3.8, 4) is 6.07 Å². The highest BCUT2D eigenvalue weighted by molar-refractivity contribution is 5.93. The van der Waals surface area contributed by atoms with Gasteiger partial charge in [0.2, 0.25) is 0 Å². The Morgan fingerprint density at radius 3 is 2.53 bits per heavy atom. The van der Waals surface area contributed by atoms with Gasteiger partial charge >= 0.3 is 5.97 Å². The van der Waals surface area contributed by atoms with E-state index in [0.29, 0.717) is 6.61 Å². The molecule has 0 aromatic heterocycles. The molecule has 0 radical (unpaired) electrons. The van der Waals surface area contributed by atoms with Crippen molar-refractivity contribution < 1.29 is 9.53 Å². The Morgan fingerprint density at radius 2 is 2.07 bits per heavy atom. The Hall–Kier alpha value is -1.50. The molecule has 0 aromatic rings. The lowest BCUT2D eigenvalue weighted by atomic mass is 10.2. The van der Waals surface area contributed by atoms with Crippen LogP contribution < -0.4 is 0 Å². The summed E-state index contributed by atoms with van der Waals surface area (Å²) in [5.41, 5.74) is 0.882. The molecule has 1 fully saturated rings. The predicted octanol–water partition coefficient (Wildman–Crippen LogP) is 1.44. The molecule has 1 aliphatic rings. The van der Waals surface area contributed by atoms with E-state index in [0.717, 1.165) is 31.6 Å². The highest BCUT2D eigenvalue weighted by Crippen LogP contribution is 2.17. The van der Waals surface area contributed by atoms with Crippen LogP contribution >= 0.6 is 0 Å². The van der Waals surface area contributed by atoms with E-state index in [-0.39, 0.29) is 5.57 Å². The smallest absolute Gasteiger partial charge is 0.350 e. The van der Waals surface area contributed by atoms with E-state index in [4.69, 9.17) is 10.00 Å². The molecule has 82 valence electrons. The number of carbonyl (C=O) groups excluding carboxylic acids is 1. The number of hydrogen-bond donors (Lipinski definition) is 0. The number of likely N-dealkylation sites (tertiary alicyclic amines) is 1. The fraction of sp³-hybridized carbons (Fsp3) is 0.636. The van der Waals surface area contributed by atoms with Gasteiger partial charge in [0.15, 0.2) is 5.57 Å².